The van der Waals surface area contributed by atoms with Crippen molar-refractivity contribution in [3.05, 3.63) is 28.2 Å². The summed E-state index contributed by atoms with van der Waals surface area (Å²) in [6, 6.07) is 5.35. The summed E-state index contributed by atoms with van der Waals surface area (Å²) in [5.41, 5.74) is 1.73. The third kappa shape index (κ3) is 3.07. The normalized spacial score (nSPS) is 18.4. The number of nitrogens with one attached hydrogen (secondary N) is 1. The van der Waals surface area contributed by atoms with Crippen LogP contribution in [0.4, 0.5) is 10.5 Å². The molecular formula is C13H15BrN2O3. The fourth-order valence-corrected chi connectivity index (χ4v) is 2.45. The van der Waals surface area contributed by atoms with Crippen LogP contribution in [0.5, 0.6) is 0 Å². The Labute approximate surface area is 119 Å². The summed E-state index contributed by atoms with van der Waals surface area (Å²) in [5, 5.41) is 11.7. The highest BCUT2D eigenvalue weighted by Crippen LogP contribution is 2.26. The van der Waals surface area contributed by atoms with Crippen molar-refractivity contribution in [1.82, 2.24) is 4.90 Å². The molecule has 19 heavy (non-hydrogen) atoms. The first kappa shape index (κ1) is 13.9. The van der Waals surface area contributed by atoms with Gasteiger partial charge in [-0.2, -0.15) is 0 Å². The number of aryl methyl sites for hydroxylation is 1. The Balaban J connectivity index is 2.02. The summed E-state index contributed by atoms with van der Waals surface area (Å²) in [5.74, 6) is -1.29. The van der Waals surface area contributed by atoms with Gasteiger partial charge < -0.3 is 15.3 Å². The molecule has 1 aromatic rings. The maximum atomic E-state index is 12.0. The highest BCUT2D eigenvalue weighted by atomic mass is 79.9. The highest BCUT2D eigenvalue weighted by molar-refractivity contribution is 9.10. The van der Waals surface area contributed by atoms with Crippen molar-refractivity contribution >= 4 is 33.6 Å². The van der Waals surface area contributed by atoms with Crippen LogP contribution in [0.3, 0.4) is 0 Å². The van der Waals surface area contributed by atoms with E-state index in [1.54, 1.807) is 6.07 Å². The van der Waals surface area contributed by atoms with Crippen LogP contribution in [0.1, 0.15) is 12.0 Å². The van der Waals surface area contributed by atoms with Gasteiger partial charge >= 0.3 is 12.0 Å². The van der Waals surface area contributed by atoms with Crippen LogP contribution in [0.25, 0.3) is 0 Å². The topological polar surface area (TPSA) is 69.6 Å². The van der Waals surface area contributed by atoms with Gasteiger partial charge in [-0.1, -0.05) is 12.1 Å². The SMILES string of the molecule is Cc1cccc(NC(=O)N2CCC(C(=O)O)C2)c1Br. The smallest absolute Gasteiger partial charge is 0.321 e. The van der Waals surface area contributed by atoms with E-state index in [1.807, 2.05) is 19.1 Å². The Morgan fingerprint density at radius 2 is 2.21 bits per heavy atom. The monoisotopic (exact) mass is 326 g/mol. The molecule has 6 heteroatoms. The van der Waals surface area contributed by atoms with Crippen LogP contribution < -0.4 is 5.32 Å². The van der Waals surface area contributed by atoms with Gasteiger partial charge in [0.25, 0.3) is 0 Å². The molecule has 1 atom stereocenters. The molecule has 102 valence electrons. The zero-order valence-electron chi connectivity index (χ0n) is 10.5. The number of carbonyl (C=O) groups is 2. The fraction of sp³-hybridized carbons (Fsp3) is 0.385. The maximum absolute atomic E-state index is 12.0. The summed E-state index contributed by atoms with van der Waals surface area (Å²) in [6.45, 7) is 2.69. The molecule has 0 bridgehead atoms. The highest BCUT2D eigenvalue weighted by Gasteiger charge is 2.30. The zero-order valence-corrected chi connectivity index (χ0v) is 12.1. The van der Waals surface area contributed by atoms with E-state index in [1.165, 1.54) is 4.90 Å². The molecule has 1 unspecified atom stereocenters. The number of anilines is 1. The number of aliphatic carboxylic acids is 1. The van der Waals surface area contributed by atoms with E-state index in [0.29, 0.717) is 18.7 Å². The average molecular weight is 327 g/mol. The number of carbonyl (C=O) groups excluding carboxylic acids is 1. The molecule has 1 fully saturated rings. The molecule has 1 aromatic carbocycles. The molecule has 0 saturated carbocycles. The maximum Gasteiger partial charge on any atom is 0.321 e. The molecule has 1 aliphatic heterocycles. The summed E-state index contributed by atoms with van der Waals surface area (Å²) in [4.78, 5) is 24.4. The molecule has 1 aliphatic rings. The molecule has 0 aliphatic carbocycles. The minimum Gasteiger partial charge on any atom is -0.481 e. The lowest BCUT2D eigenvalue weighted by Crippen LogP contribution is -2.33. The number of carboxylic acid groups (broad SMARTS) is 1. The van der Waals surface area contributed by atoms with E-state index in [4.69, 9.17) is 5.11 Å². The molecule has 1 heterocycles. The van der Waals surface area contributed by atoms with Crippen molar-refractivity contribution in [3.63, 3.8) is 0 Å². The van der Waals surface area contributed by atoms with Crippen LogP contribution in [0, 0.1) is 12.8 Å². The van der Waals surface area contributed by atoms with E-state index in [2.05, 4.69) is 21.2 Å². The number of halogens is 1. The molecule has 1 saturated heterocycles. The molecule has 2 amide bonds. The van der Waals surface area contributed by atoms with Gasteiger partial charge in [0.1, 0.15) is 0 Å². The third-order valence-corrected chi connectivity index (χ3v) is 4.31. The van der Waals surface area contributed by atoms with Crippen molar-refractivity contribution in [1.29, 1.82) is 0 Å². The van der Waals surface area contributed by atoms with Crippen LogP contribution in [-0.2, 0) is 4.79 Å². The first-order chi connectivity index (χ1) is 8.99. The standard InChI is InChI=1S/C13H15BrN2O3/c1-8-3-2-4-10(11(8)14)15-13(19)16-6-5-9(7-16)12(17)18/h2-4,9H,5-7H2,1H3,(H,15,19)(H,17,18). The average Bonchev–Trinajstić information content (AvgIpc) is 2.84. The number of urea groups is 1. The molecule has 2 N–H and O–H groups in total. The van der Waals surface area contributed by atoms with E-state index in [-0.39, 0.29) is 12.6 Å². The lowest BCUT2D eigenvalue weighted by Gasteiger charge is -2.17. The third-order valence-electron chi connectivity index (χ3n) is 3.26. The van der Waals surface area contributed by atoms with E-state index in [0.717, 1.165) is 10.0 Å². The second-order valence-electron chi connectivity index (χ2n) is 4.64. The predicted octanol–water partition coefficient (Wildman–Crippen LogP) is 2.70. The van der Waals surface area contributed by atoms with Crippen molar-refractivity contribution in [2.24, 2.45) is 5.92 Å². The van der Waals surface area contributed by atoms with E-state index in [9.17, 15) is 9.59 Å². The van der Waals surface area contributed by atoms with Gasteiger partial charge in [0.05, 0.1) is 11.6 Å². The number of carboxylic acids is 1. The van der Waals surface area contributed by atoms with Gasteiger partial charge in [-0.25, -0.2) is 4.79 Å². The fourth-order valence-electron chi connectivity index (χ4n) is 2.08. The van der Waals surface area contributed by atoms with Gasteiger partial charge in [0.15, 0.2) is 0 Å². The second-order valence-corrected chi connectivity index (χ2v) is 5.43. The first-order valence-electron chi connectivity index (χ1n) is 6.03. The van der Waals surface area contributed by atoms with Crippen LogP contribution in [0.15, 0.2) is 22.7 Å². The number of rotatable bonds is 2. The van der Waals surface area contributed by atoms with Crippen LogP contribution in [0.2, 0.25) is 0 Å². The molecule has 2 rings (SSSR count). The summed E-state index contributed by atoms with van der Waals surface area (Å²) in [6.07, 6.45) is 0.512. The van der Waals surface area contributed by atoms with Gasteiger partial charge in [-0.3, -0.25) is 4.79 Å². The minimum atomic E-state index is -0.841. The lowest BCUT2D eigenvalue weighted by atomic mass is 10.1. The zero-order chi connectivity index (χ0) is 14.0. The van der Waals surface area contributed by atoms with Crippen molar-refractivity contribution in [2.75, 3.05) is 18.4 Å². The minimum absolute atomic E-state index is 0.255. The van der Waals surface area contributed by atoms with Gasteiger partial charge in [0.2, 0.25) is 0 Å². The van der Waals surface area contributed by atoms with Crippen LogP contribution in [-0.4, -0.2) is 35.1 Å². The van der Waals surface area contributed by atoms with Crippen molar-refractivity contribution in [3.8, 4) is 0 Å². The molecule has 5 nitrogen and oxygen atoms in total. The summed E-state index contributed by atoms with van der Waals surface area (Å²) >= 11 is 3.42. The Morgan fingerprint density at radius 1 is 1.47 bits per heavy atom. The predicted molar refractivity (Wildman–Crippen MR) is 75.2 cm³/mol. The van der Waals surface area contributed by atoms with Gasteiger partial charge in [-0.05, 0) is 40.9 Å². The molecule has 0 spiro atoms. The Hall–Kier alpha value is -1.56. The van der Waals surface area contributed by atoms with E-state index >= 15 is 0 Å². The second kappa shape index (κ2) is 5.61. The Kier molecular flexibility index (Phi) is 4.09. The quantitative estimate of drug-likeness (QED) is 0.877. The number of nitrogens with zero attached hydrogens (tertiary/aromatic N) is 1. The van der Waals surface area contributed by atoms with Gasteiger partial charge in [0, 0.05) is 17.6 Å². The Bertz CT molecular complexity index is 519. The summed E-state index contributed by atoms with van der Waals surface area (Å²) in [7, 11) is 0. The Morgan fingerprint density at radius 3 is 2.84 bits per heavy atom. The number of amides is 2. The largest absolute Gasteiger partial charge is 0.481 e. The van der Waals surface area contributed by atoms with Crippen LogP contribution >= 0.6 is 15.9 Å². The first-order valence-corrected chi connectivity index (χ1v) is 6.82. The number of hydrogen-bond donors (Lipinski definition) is 2. The van der Waals surface area contributed by atoms with Crippen molar-refractivity contribution in [2.45, 2.75) is 13.3 Å². The molecule has 0 aromatic heterocycles. The summed E-state index contributed by atoms with van der Waals surface area (Å²) < 4.78 is 0.845. The number of hydrogen-bond acceptors (Lipinski definition) is 2. The van der Waals surface area contributed by atoms with Crippen molar-refractivity contribution < 1.29 is 14.7 Å². The number of likely N-dealkylation sites (tertiary alicyclic amines) is 1. The van der Waals surface area contributed by atoms with E-state index < -0.39 is 11.9 Å². The molecule has 0 radical (unpaired) electrons. The van der Waals surface area contributed by atoms with Gasteiger partial charge in [-0.15, -0.1) is 0 Å². The number of benzene rings is 1. The lowest BCUT2D eigenvalue weighted by molar-refractivity contribution is -0.141. The molecular weight excluding hydrogens is 312 g/mol.